The smallest absolute Gasteiger partial charge is 0.313 e. The Morgan fingerprint density at radius 1 is 1.52 bits per heavy atom. The lowest BCUT2D eigenvalue weighted by atomic mass is 9.96. The highest BCUT2D eigenvalue weighted by atomic mass is 19.1. The zero-order valence-corrected chi connectivity index (χ0v) is 12.7. The zero-order valence-electron chi connectivity index (χ0n) is 12.7. The van der Waals surface area contributed by atoms with Crippen LogP contribution in [0.5, 0.6) is 5.75 Å². The van der Waals surface area contributed by atoms with Gasteiger partial charge in [-0.3, -0.25) is 10.1 Å². The van der Waals surface area contributed by atoms with Gasteiger partial charge in [0, 0.05) is 37.5 Å². The molecule has 2 heterocycles. The molecule has 0 saturated carbocycles. The summed E-state index contributed by atoms with van der Waals surface area (Å²) in [5.74, 6) is 0.507. The van der Waals surface area contributed by atoms with Gasteiger partial charge < -0.3 is 14.6 Å². The van der Waals surface area contributed by atoms with Gasteiger partial charge in [0.2, 0.25) is 0 Å². The first-order chi connectivity index (χ1) is 11.1. The normalized spacial score (nSPS) is 18.0. The highest BCUT2D eigenvalue weighted by molar-refractivity contribution is 5.60. The lowest BCUT2D eigenvalue weighted by Gasteiger charge is -2.33. The fraction of sp³-hybridized carbons (Fsp3) is 0.400. The Labute approximate surface area is 132 Å². The summed E-state index contributed by atoms with van der Waals surface area (Å²) >= 11 is 0. The molecule has 23 heavy (non-hydrogen) atoms. The molecule has 0 amide bonds. The van der Waals surface area contributed by atoms with E-state index in [1.54, 1.807) is 12.4 Å². The molecular formula is C15H17FN4O3. The molecule has 1 N–H and O–H groups in total. The Balaban J connectivity index is 1.90. The van der Waals surface area contributed by atoms with Crippen molar-refractivity contribution in [2.24, 2.45) is 0 Å². The number of H-pyrrole nitrogens is 1. The first-order valence-corrected chi connectivity index (χ1v) is 7.36. The summed E-state index contributed by atoms with van der Waals surface area (Å²) in [5, 5.41) is 11.0. The van der Waals surface area contributed by atoms with E-state index in [1.165, 1.54) is 13.2 Å². The van der Waals surface area contributed by atoms with Crippen molar-refractivity contribution in [3.8, 4) is 5.75 Å². The van der Waals surface area contributed by atoms with E-state index in [-0.39, 0.29) is 17.4 Å². The quantitative estimate of drug-likeness (QED) is 0.691. The highest BCUT2D eigenvalue weighted by Gasteiger charge is 2.27. The predicted octanol–water partition coefficient (Wildman–Crippen LogP) is 2.85. The van der Waals surface area contributed by atoms with Crippen molar-refractivity contribution in [1.29, 1.82) is 0 Å². The van der Waals surface area contributed by atoms with Crippen molar-refractivity contribution in [2.45, 2.75) is 18.8 Å². The molecule has 3 rings (SSSR count). The fourth-order valence-corrected chi connectivity index (χ4v) is 3.00. The summed E-state index contributed by atoms with van der Waals surface area (Å²) < 4.78 is 19.4. The molecular weight excluding hydrogens is 303 g/mol. The number of halogens is 1. The Hall–Kier alpha value is -2.64. The topological polar surface area (TPSA) is 84.3 Å². The number of aromatic nitrogens is 2. The molecule has 8 heteroatoms. The number of ether oxygens (including phenoxy) is 1. The number of nitrogens with zero attached hydrogens (tertiary/aromatic N) is 3. The lowest BCUT2D eigenvalue weighted by Crippen LogP contribution is -2.35. The lowest BCUT2D eigenvalue weighted by molar-refractivity contribution is -0.385. The summed E-state index contributed by atoms with van der Waals surface area (Å²) in [6.45, 7) is 1.29. The molecule has 0 radical (unpaired) electrons. The Morgan fingerprint density at radius 2 is 2.35 bits per heavy atom. The average molecular weight is 320 g/mol. The average Bonchev–Trinajstić information content (AvgIpc) is 3.09. The number of hydrogen-bond donors (Lipinski definition) is 1. The number of hydrogen-bond acceptors (Lipinski definition) is 5. The van der Waals surface area contributed by atoms with Gasteiger partial charge in [0.25, 0.3) is 0 Å². The molecule has 1 saturated heterocycles. The number of nitrogens with one attached hydrogen (secondary N) is 1. The van der Waals surface area contributed by atoms with Crippen LogP contribution in [0.25, 0.3) is 0 Å². The van der Waals surface area contributed by atoms with Gasteiger partial charge in [-0.05, 0) is 12.8 Å². The van der Waals surface area contributed by atoms with E-state index >= 15 is 0 Å². The van der Waals surface area contributed by atoms with Crippen LogP contribution in [0.4, 0.5) is 15.8 Å². The van der Waals surface area contributed by atoms with Crippen LogP contribution in [0.3, 0.4) is 0 Å². The monoisotopic (exact) mass is 320 g/mol. The number of methoxy groups -OCH3 is 1. The molecule has 1 unspecified atom stereocenters. The molecule has 7 nitrogen and oxygen atoms in total. The van der Waals surface area contributed by atoms with Crippen LogP contribution in [0.1, 0.15) is 24.6 Å². The van der Waals surface area contributed by atoms with Crippen molar-refractivity contribution in [1.82, 2.24) is 9.97 Å². The standard InChI is InChI=1S/C15H17FN4O3/c1-23-14-8-12(11(16)7-13(14)20(21)22)19-6-2-3-10(9-19)15-17-4-5-18-15/h4-5,7-8,10H,2-3,6,9H2,1H3,(H,17,18). The van der Waals surface area contributed by atoms with Crippen LogP contribution in [0.15, 0.2) is 24.5 Å². The number of benzene rings is 1. The second-order valence-electron chi connectivity index (χ2n) is 5.49. The van der Waals surface area contributed by atoms with Crippen molar-refractivity contribution < 1.29 is 14.1 Å². The molecule has 1 aromatic carbocycles. The largest absolute Gasteiger partial charge is 0.490 e. The SMILES string of the molecule is COc1cc(N2CCCC(c3ncc[nH]3)C2)c(F)cc1[N+](=O)[O-]. The molecule has 1 aliphatic rings. The minimum atomic E-state index is -0.645. The van der Waals surface area contributed by atoms with Crippen LogP contribution < -0.4 is 9.64 Å². The number of aromatic amines is 1. The van der Waals surface area contributed by atoms with Gasteiger partial charge in [-0.2, -0.15) is 0 Å². The number of nitro benzene ring substituents is 1. The Bertz CT molecular complexity index is 705. The molecule has 1 aliphatic heterocycles. The Kier molecular flexibility index (Phi) is 4.14. The second-order valence-corrected chi connectivity index (χ2v) is 5.49. The minimum Gasteiger partial charge on any atom is -0.490 e. The van der Waals surface area contributed by atoms with Crippen LogP contribution in [0, 0.1) is 15.9 Å². The molecule has 1 aromatic heterocycles. The first kappa shape index (κ1) is 15.3. The first-order valence-electron chi connectivity index (χ1n) is 7.36. The maximum Gasteiger partial charge on any atom is 0.313 e. The van der Waals surface area contributed by atoms with Gasteiger partial charge >= 0.3 is 5.69 Å². The number of anilines is 1. The summed E-state index contributed by atoms with van der Waals surface area (Å²) in [6.07, 6.45) is 5.33. The van der Waals surface area contributed by atoms with Crippen LogP contribution in [0.2, 0.25) is 0 Å². The van der Waals surface area contributed by atoms with Crippen molar-refractivity contribution in [3.63, 3.8) is 0 Å². The number of imidazole rings is 1. The van der Waals surface area contributed by atoms with Crippen LogP contribution in [-0.4, -0.2) is 35.1 Å². The Morgan fingerprint density at radius 3 is 3.00 bits per heavy atom. The third-order valence-corrected chi connectivity index (χ3v) is 4.11. The third-order valence-electron chi connectivity index (χ3n) is 4.11. The van der Waals surface area contributed by atoms with E-state index in [4.69, 9.17) is 4.74 Å². The van der Waals surface area contributed by atoms with Gasteiger partial charge in [0.15, 0.2) is 11.6 Å². The predicted molar refractivity (Wildman–Crippen MR) is 82.4 cm³/mol. The second kappa shape index (κ2) is 6.23. The maximum absolute atomic E-state index is 14.4. The van der Waals surface area contributed by atoms with Gasteiger partial charge in [0.1, 0.15) is 5.82 Å². The van der Waals surface area contributed by atoms with Gasteiger partial charge in [0.05, 0.1) is 23.8 Å². The van der Waals surface area contributed by atoms with Gasteiger partial charge in [-0.1, -0.05) is 0 Å². The number of rotatable bonds is 4. The van der Waals surface area contributed by atoms with E-state index in [0.29, 0.717) is 18.8 Å². The van der Waals surface area contributed by atoms with Gasteiger partial charge in [-0.15, -0.1) is 0 Å². The molecule has 0 spiro atoms. The van der Waals surface area contributed by atoms with Crippen molar-refractivity contribution in [2.75, 3.05) is 25.1 Å². The van der Waals surface area contributed by atoms with E-state index in [2.05, 4.69) is 9.97 Å². The number of piperidine rings is 1. The van der Waals surface area contributed by atoms with E-state index in [9.17, 15) is 14.5 Å². The van der Waals surface area contributed by atoms with E-state index in [0.717, 1.165) is 24.7 Å². The van der Waals surface area contributed by atoms with E-state index < -0.39 is 10.7 Å². The van der Waals surface area contributed by atoms with Crippen LogP contribution in [-0.2, 0) is 0 Å². The summed E-state index contributed by atoms with van der Waals surface area (Å²) in [6, 6.07) is 2.32. The molecule has 1 atom stereocenters. The molecule has 122 valence electrons. The van der Waals surface area contributed by atoms with Gasteiger partial charge in [-0.25, -0.2) is 9.37 Å². The van der Waals surface area contributed by atoms with Crippen LogP contribution >= 0.6 is 0 Å². The number of nitro groups is 1. The summed E-state index contributed by atoms with van der Waals surface area (Å²) in [5.41, 5.74) is -0.0444. The maximum atomic E-state index is 14.4. The minimum absolute atomic E-state index is 0.0616. The van der Waals surface area contributed by atoms with Crippen molar-refractivity contribution >= 4 is 11.4 Å². The van der Waals surface area contributed by atoms with E-state index in [1.807, 2.05) is 4.90 Å². The summed E-state index contributed by atoms with van der Waals surface area (Å²) in [7, 11) is 1.34. The fourth-order valence-electron chi connectivity index (χ4n) is 3.00. The third kappa shape index (κ3) is 2.96. The summed E-state index contributed by atoms with van der Waals surface area (Å²) in [4.78, 5) is 19.6. The molecule has 1 fully saturated rings. The zero-order chi connectivity index (χ0) is 16.4. The highest BCUT2D eigenvalue weighted by Crippen LogP contribution is 2.36. The molecule has 0 bridgehead atoms. The molecule has 2 aromatic rings. The van der Waals surface area contributed by atoms with Crippen molar-refractivity contribution in [3.05, 3.63) is 46.3 Å². The molecule has 0 aliphatic carbocycles.